The highest BCUT2D eigenvalue weighted by Gasteiger charge is 2.19. The van der Waals surface area contributed by atoms with E-state index in [1.54, 1.807) is 18.4 Å². The van der Waals surface area contributed by atoms with Gasteiger partial charge in [-0.3, -0.25) is 4.90 Å². The highest BCUT2D eigenvalue weighted by molar-refractivity contribution is 5.53. The molecular weight excluding hydrogens is 329 g/mol. The molecule has 1 aliphatic rings. The van der Waals surface area contributed by atoms with Crippen molar-refractivity contribution in [1.29, 1.82) is 0 Å². The number of benzene rings is 2. The van der Waals surface area contributed by atoms with E-state index < -0.39 is 0 Å². The third-order valence-electron chi connectivity index (χ3n) is 4.75. The lowest BCUT2D eigenvalue weighted by Crippen LogP contribution is -2.46. The number of piperazine rings is 1. The number of aromatic nitrogens is 1. The molecule has 1 aliphatic heterocycles. The van der Waals surface area contributed by atoms with E-state index >= 15 is 0 Å². The van der Waals surface area contributed by atoms with Gasteiger partial charge in [0.05, 0.1) is 5.69 Å². The van der Waals surface area contributed by atoms with Crippen LogP contribution in [0.5, 0.6) is 0 Å². The van der Waals surface area contributed by atoms with Gasteiger partial charge in [0.15, 0.2) is 0 Å². The maximum absolute atomic E-state index is 13.4. The van der Waals surface area contributed by atoms with Crippen LogP contribution in [-0.2, 0) is 6.54 Å². The first-order valence-corrected chi connectivity index (χ1v) is 8.92. The van der Waals surface area contributed by atoms with E-state index in [0.29, 0.717) is 11.5 Å². The van der Waals surface area contributed by atoms with E-state index in [1.807, 2.05) is 0 Å². The number of aryl methyl sites for hydroxylation is 1. The fourth-order valence-electron chi connectivity index (χ4n) is 3.35. The molecule has 0 N–H and O–H groups in total. The minimum Gasteiger partial charge on any atom is -0.444 e. The Labute approximate surface area is 152 Å². The van der Waals surface area contributed by atoms with Crippen LogP contribution in [0.15, 0.2) is 59.2 Å². The third kappa shape index (κ3) is 3.78. The molecule has 2 aromatic carbocycles. The highest BCUT2D eigenvalue weighted by Crippen LogP contribution is 2.21. The van der Waals surface area contributed by atoms with Crippen LogP contribution < -0.4 is 4.90 Å². The Morgan fingerprint density at radius 2 is 1.85 bits per heavy atom. The summed E-state index contributed by atoms with van der Waals surface area (Å²) in [4.78, 5) is 9.31. The smallest absolute Gasteiger partial charge is 0.226 e. The van der Waals surface area contributed by atoms with E-state index in [9.17, 15) is 4.39 Å². The van der Waals surface area contributed by atoms with Crippen molar-refractivity contribution in [2.45, 2.75) is 13.5 Å². The van der Waals surface area contributed by atoms with Gasteiger partial charge in [-0.25, -0.2) is 9.37 Å². The fraction of sp³-hybridized carbons (Fsp3) is 0.286. The van der Waals surface area contributed by atoms with Crippen LogP contribution in [0, 0.1) is 12.7 Å². The van der Waals surface area contributed by atoms with Crippen molar-refractivity contribution in [3.8, 4) is 11.5 Å². The van der Waals surface area contributed by atoms with Gasteiger partial charge in [-0.05, 0) is 42.8 Å². The first-order chi connectivity index (χ1) is 12.7. The van der Waals surface area contributed by atoms with Crippen molar-refractivity contribution < 1.29 is 8.81 Å². The van der Waals surface area contributed by atoms with E-state index in [1.165, 1.54) is 23.4 Å². The molecule has 134 valence electrons. The van der Waals surface area contributed by atoms with Gasteiger partial charge >= 0.3 is 0 Å². The number of hydrogen-bond donors (Lipinski definition) is 0. The SMILES string of the molecule is Cc1cccc(N2CCN(Cc3coc(-c4cccc(F)c4)n3)CC2)c1. The molecule has 0 amide bonds. The number of nitrogens with zero attached hydrogens (tertiary/aromatic N) is 3. The van der Waals surface area contributed by atoms with Crippen molar-refractivity contribution in [2.75, 3.05) is 31.1 Å². The van der Waals surface area contributed by atoms with Crippen LogP contribution in [-0.4, -0.2) is 36.1 Å². The molecule has 1 fully saturated rings. The van der Waals surface area contributed by atoms with E-state index in [0.717, 1.165) is 38.4 Å². The van der Waals surface area contributed by atoms with Gasteiger partial charge in [-0.15, -0.1) is 0 Å². The first-order valence-electron chi connectivity index (χ1n) is 8.92. The summed E-state index contributed by atoms with van der Waals surface area (Å²) in [5, 5.41) is 0. The van der Waals surface area contributed by atoms with E-state index in [-0.39, 0.29) is 5.82 Å². The molecule has 1 saturated heterocycles. The van der Waals surface area contributed by atoms with Gasteiger partial charge in [0.1, 0.15) is 12.1 Å². The topological polar surface area (TPSA) is 32.5 Å². The molecule has 2 heterocycles. The number of hydrogen-bond acceptors (Lipinski definition) is 4. The van der Waals surface area contributed by atoms with Gasteiger partial charge in [0.25, 0.3) is 0 Å². The second kappa shape index (κ2) is 7.30. The molecule has 26 heavy (non-hydrogen) atoms. The molecule has 3 aromatic rings. The lowest BCUT2D eigenvalue weighted by atomic mass is 10.2. The standard InChI is InChI=1S/C21H22FN3O/c1-16-4-2-7-20(12-16)25-10-8-24(9-11-25)14-19-15-26-21(23-19)17-5-3-6-18(22)13-17/h2-7,12-13,15H,8-11,14H2,1H3. The second-order valence-electron chi connectivity index (χ2n) is 6.76. The second-order valence-corrected chi connectivity index (χ2v) is 6.76. The molecule has 4 nitrogen and oxygen atoms in total. The zero-order chi connectivity index (χ0) is 17.9. The van der Waals surface area contributed by atoms with Gasteiger partial charge in [-0.1, -0.05) is 18.2 Å². The molecule has 0 spiro atoms. The molecule has 5 heteroatoms. The van der Waals surface area contributed by atoms with Crippen molar-refractivity contribution in [2.24, 2.45) is 0 Å². The van der Waals surface area contributed by atoms with Crippen LogP contribution >= 0.6 is 0 Å². The molecule has 0 bridgehead atoms. The summed E-state index contributed by atoms with van der Waals surface area (Å²) in [7, 11) is 0. The van der Waals surface area contributed by atoms with Crippen LogP contribution in [0.3, 0.4) is 0 Å². The fourth-order valence-corrected chi connectivity index (χ4v) is 3.35. The van der Waals surface area contributed by atoms with Crippen LogP contribution in [0.1, 0.15) is 11.3 Å². The molecule has 0 saturated carbocycles. The van der Waals surface area contributed by atoms with Gasteiger partial charge in [0, 0.05) is 44.0 Å². The summed E-state index contributed by atoms with van der Waals surface area (Å²) in [6.45, 7) is 6.84. The lowest BCUT2D eigenvalue weighted by molar-refractivity contribution is 0.247. The largest absolute Gasteiger partial charge is 0.444 e. The van der Waals surface area contributed by atoms with Crippen LogP contribution in [0.25, 0.3) is 11.5 Å². The van der Waals surface area contributed by atoms with Crippen molar-refractivity contribution in [3.05, 3.63) is 71.9 Å². The Kier molecular flexibility index (Phi) is 4.71. The summed E-state index contributed by atoms with van der Waals surface area (Å²) in [6.07, 6.45) is 1.67. The van der Waals surface area contributed by atoms with Crippen molar-refractivity contribution in [1.82, 2.24) is 9.88 Å². The first kappa shape index (κ1) is 16.8. The number of oxazole rings is 1. The Hall–Kier alpha value is -2.66. The van der Waals surface area contributed by atoms with Gasteiger partial charge in [0.2, 0.25) is 5.89 Å². The predicted molar refractivity (Wildman–Crippen MR) is 101 cm³/mol. The monoisotopic (exact) mass is 351 g/mol. The van der Waals surface area contributed by atoms with E-state index in [2.05, 4.69) is 46.0 Å². The minimum absolute atomic E-state index is 0.283. The van der Waals surface area contributed by atoms with E-state index in [4.69, 9.17) is 4.42 Å². The number of anilines is 1. The Morgan fingerprint density at radius 3 is 2.62 bits per heavy atom. The Balaban J connectivity index is 1.36. The molecule has 4 rings (SSSR count). The van der Waals surface area contributed by atoms with Crippen molar-refractivity contribution in [3.63, 3.8) is 0 Å². The predicted octanol–water partition coefficient (Wildman–Crippen LogP) is 4.11. The minimum atomic E-state index is -0.283. The molecule has 1 aromatic heterocycles. The zero-order valence-electron chi connectivity index (χ0n) is 14.9. The van der Waals surface area contributed by atoms with Gasteiger partial charge < -0.3 is 9.32 Å². The summed E-state index contributed by atoms with van der Waals surface area (Å²) in [6, 6.07) is 15.0. The normalized spacial score (nSPS) is 15.4. The quantitative estimate of drug-likeness (QED) is 0.708. The summed E-state index contributed by atoms with van der Waals surface area (Å²) in [5.41, 5.74) is 4.13. The Bertz CT molecular complexity index is 884. The summed E-state index contributed by atoms with van der Waals surface area (Å²) < 4.78 is 18.9. The van der Waals surface area contributed by atoms with Crippen LogP contribution in [0.4, 0.5) is 10.1 Å². The summed E-state index contributed by atoms with van der Waals surface area (Å²) in [5.74, 6) is 0.187. The van der Waals surface area contributed by atoms with Crippen LogP contribution in [0.2, 0.25) is 0 Å². The number of halogens is 1. The molecule has 0 radical (unpaired) electrons. The third-order valence-corrected chi connectivity index (χ3v) is 4.75. The summed E-state index contributed by atoms with van der Waals surface area (Å²) >= 11 is 0. The maximum atomic E-state index is 13.4. The number of rotatable bonds is 4. The van der Waals surface area contributed by atoms with Crippen molar-refractivity contribution >= 4 is 5.69 Å². The Morgan fingerprint density at radius 1 is 1.04 bits per heavy atom. The average Bonchev–Trinajstić information content (AvgIpc) is 3.11. The lowest BCUT2D eigenvalue weighted by Gasteiger charge is -2.35. The molecule has 0 atom stereocenters. The zero-order valence-corrected chi connectivity index (χ0v) is 14.9. The maximum Gasteiger partial charge on any atom is 0.226 e. The highest BCUT2D eigenvalue weighted by atomic mass is 19.1. The molecule has 0 unspecified atom stereocenters. The average molecular weight is 351 g/mol. The molecule has 0 aliphatic carbocycles. The molecular formula is C21H22FN3O. The van der Waals surface area contributed by atoms with Gasteiger partial charge in [-0.2, -0.15) is 0 Å².